The molecular formula is C14H21ClN2O2. The van der Waals surface area contributed by atoms with Crippen LogP contribution in [-0.2, 0) is 11.3 Å². The van der Waals surface area contributed by atoms with Gasteiger partial charge in [0.05, 0.1) is 13.2 Å². The summed E-state index contributed by atoms with van der Waals surface area (Å²) < 4.78 is 5.33. The van der Waals surface area contributed by atoms with Crippen molar-refractivity contribution in [2.24, 2.45) is 0 Å². The lowest BCUT2D eigenvalue weighted by Crippen LogP contribution is -2.44. The Morgan fingerprint density at radius 1 is 1.42 bits per heavy atom. The van der Waals surface area contributed by atoms with Crippen LogP contribution in [0.2, 0.25) is 5.02 Å². The Hall–Kier alpha value is -0.810. The molecule has 1 fully saturated rings. The molecule has 1 aromatic rings. The molecule has 2 N–H and O–H groups in total. The first-order chi connectivity index (χ1) is 9.15. The number of benzene rings is 1. The molecule has 0 aliphatic carbocycles. The first-order valence-electron chi connectivity index (χ1n) is 6.66. The van der Waals surface area contributed by atoms with E-state index in [0.717, 1.165) is 38.4 Å². The fraction of sp³-hybridized carbons (Fsp3) is 0.571. The number of ether oxygens (including phenoxy) is 1. The molecule has 106 valence electrons. The highest BCUT2D eigenvalue weighted by atomic mass is 35.5. The molecule has 0 amide bonds. The van der Waals surface area contributed by atoms with Crippen LogP contribution in [0.25, 0.3) is 0 Å². The highest BCUT2D eigenvalue weighted by Gasteiger charge is 2.13. The Labute approximate surface area is 119 Å². The molecule has 1 heterocycles. The van der Waals surface area contributed by atoms with Crippen molar-refractivity contribution >= 4 is 11.6 Å². The van der Waals surface area contributed by atoms with E-state index in [4.69, 9.17) is 16.3 Å². The molecule has 1 atom stereocenters. The van der Waals surface area contributed by atoms with Crippen LogP contribution in [0.3, 0.4) is 0 Å². The number of hydrogen-bond donors (Lipinski definition) is 2. The summed E-state index contributed by atoms with van der Waals surface area (Å²) in [6.45, 7) is 7.39. The number of nitrogens with one attached hydrogen (secondary N) is 1. The van der Waals surface area contributed by atoms with Gasteiger partial charge in [0.1, 0.15) is 5.75 Å². The van der Waals surface area contributed by atoms with Gasteiger partial charge in [-0.1, -0.05) is 11.6 Å². The molecule has 1 saturated heterocycles. The van der Waals surface area contributed by atoms with Crippen LogP contribution < -0.4 is 5.32 Å². The topological polar surface area (TPSA) is 44.7 Å². The van der Waals surface area contributed by atoms with Crippen LogP contribution in [0.1, 0.15) is 12.5 Å². The van der Waals surface area contributed by atoms with E-state index in [1.165, 1.54) is 0 Å². The van der Waals surface area contributed by atoms with Crippen LogP contribution in [0, 0.1) is 0 Å². The zero-order valence-corrected chi connectivity index (χ0v) is 12.0. The predicted molar refractivity (Wildman–Crippen MR) is 76.7 cm³/mol. The normalized spacial score (nSPS) is 18.4. The van der Waals surface area contributed by atoms with E-state index in [1.54, 1.807) is 18.2 Å². The quantitative estimate of drug-likeness (QED) is 0.866. The molecule has 0 radical (unpaired) electrons. The third-order valence-electron chi connectivity index (χ3n) is 3.32. The van der Waals surface area contributed by atoms with Gasteiger partial charge in [0.2, 0.25) is 0 Å². The van der Waals surface area contributed by atoms with Gasteiger partial charge < -0.3 is 15.2 Å². The monoisotopic (exact) mass is 284 g/mol. The van der Waals surface area contributed by atoms with E-state index in [1.807, 2.05) is 0 Å². The third-order valence-corrected chi connectivity index (χ3v) is 3.55. The molecule has 4 nitrogen and oxygen atoms in total. The second kappa shape index (κ2) is 7.10. The van der Waals surface area contributed by atoms with Crippen LogP contribution >= 0.6 is 11.6 Å². The van der Waals surface area contributed by atoms with Crippen molar-refractivity contribution in [3.8, 4) is 5.75 Å². The minimum absolute atomic E-state index is 0.287. The van der Waals surface area contributed by atoms with E-state index in [9.17, 15) is 5.11 Å². The Balaban J connectivity index is 1.79. The summed E-state index contributed by atoms with van der Waals surface area (Å²) in [5.74, 6) is 0.287. The van der Waals surface area contributed by atoms with Gasteiger partial charge in [-0.15, -0.1) is 0 Å². The van der Waals surface area contributed by atoms with Crippen molar-refractivity contribution in [3.05, 3.63) is 28.8 Å². The number of hydrogen-bond acceptors (Lipinski definition) is 4. The highest BCUT2D eigenvalue weighted by molar-refractivity contribution is 6.30. The standard InChI is InChI=1S/C14H21ClN2O2/c1-11(10-17-4-6-19-7-5-17)16-9-12-8-13(15)2-3-14(12)18/h2-3,8,11,16,18H,4-7,9-10H2,1H3. The average Bonchev–Trinajstić information content (AvgIpc) is 2.41. The number of aromatic hydroxyl groups is 1. The van der Waals surface area contributed by atoms with Gasteiger partial charge in [-0.3, -0.25) is 4.90 Å². The van der Waals surface area contributed by atoms with Gasteiger partial charge in [0.15, 0.2) is 0 Å². The summed E-state index contributed by atoms with van der Waals surface area (Å²) in [4.78, 5) is 2.39. The van der Waals surface area contributed by atoms with Gasteiger partial charge >= 0.3 is 0 Å². The molecule has 19 heavy (non-hydrogen) atoms. The van der Waals surface area contributed by atoms with Crippen molar-refractivity contribution in [2.45, 2.75) is 19.5 Å². The van der Waals surface area contributed by atoms with Crippen LogP contribution in [-0.4, -0.2) is 48.9 Å². The summed E-state index contributed by atoms with van der Waals surface area (Å²) >= 11 is 5.93. The molecule has 0 spiro atoms. The van der Waals surface area contributed by atoms with Gasteiger partial charge in [-0.05, 0) is 25.1 Å². The molecule has 0 aromatic heterocycles. The molecule has 0 bridgehead atoms. The van der Waals surface area contributed by atoms with Crippen molar-refractivity contribution in [3.63, 3.8) is 0 Å². The van der Waals surface area contributed by atoms with Crippen molar-refractivity contribution in [1.82, 2.24) is 10.2 Å². The first-order valence-corrected chi connectivity index (χ1v) is 7.04. The zero-order valence-electron chi connectivity index (χ0n) is 11.2. The van der Waals surface area contributed by atoms with Gasteiger partial charge in [0.25, 0.3) is 0 Å². The van der Waals surface area contributed by atoms with E-state index < -0.39 is 0 Å². The third kappa shape index (κ3) is 4.66. The minimum atomic E-state index is 0.287. The van der Waals surface area contributed by atoms with E-state index in [0.29, 0.717) is 17.6 Å². The molecule has 2 rings (SSSR count). The number of morpholine rings is 1. The van der Waals surface area contributed by atoms with Gasteiger partial charge in [-0.25, -0.2) is 0 Å². The summed E-state index contributed by atoms with van der Waals surface area (Å²) in [6.07, 6.45) is 0. The zero-order chi connectivity index (χ0) is 13.7. The summed E-state index contributed by atoms with van der Waals surface area (Å²) in [5, 5.41) is 13.8. The first kappa shape index (κ1) is 14.6. The van der Waals surface area contributed by atoms with E-state index in [2.05, 4.69) is 17.1 Å². The number of nitrogens with zero attached hydrogens (tertiary/aromatic N) is 1. The lowest BCUT2D eigenvalue weighted by atomic mass is 10.2. The highest BCUT2D eigenvalue weighted by Crippen LogP contribution is 2.21. The molecule has 0 saturated carbocycles. The van der Waals surface area contributed by atoms with E-state index in [-0.39, 0.29) is 5.75 Å². The Bertz CT molecular complexity index is 408. The molecule has 1 aromatic carbocycles. The predicted octanol–water partition coefficient (Wildman–Crippen LogP) is 1.86. The van der Waals surface area contributed by atoms with Crippen LogP contribution in [0.15, 0.2) is 18.2 Å². The Morgan fingerprint density at radius 2 is 2.16 bits per heavy atom. The maximum Gasteiger partial charge on any atom is 0.120 e. The summed E-state index contributed by atoms with van der Waals surface area (Å²) in [6, 6.07) is 5.48. The largest absolute Gasteiger partial charge is 0.508 e. The Kier molecular flexibility index (Phi) is 5.45. The van der Waals surface area contributed by atoms with Crippen LogP contribution in [0.5, 0.6) is 5.75 Å². The molecule has 1 aliphatic heterocycles. The lowest BCUT2D eigenvalue weighted by molar-refractivity contribution is 0.0343. The molecule has 1 unspecified atom stereocenters. The van der Waals surface area contributed by atoms with Crippen molar-refractivity contribution < 1.29 is 9.84 Å². The fourth-order valence-corrected chi connectivity index (χ4v) is 2.41. The second-order valence-electron chi connectivity index (χ2n) is 4.97. The maximum atomic E-state index is 9.74. The summed E-state index contributed by atoms with van der Waals surface area (Å²) in [7, 11) is 0. The molecule has 1 aliphatic rings. The Morgan fingerprint density at radius 3 is 2.89 bits per heavy atom. The molecule has 5 heteroatoms. The number of phenolic OH excluding ortho intramolecular Hbond substituents is 1. The number of phenols is 1. The maximum absolute atomic E-state index is 9.74. The number of rotatable bonds is 5. The lowest BCUT2D eigenvalue weighted by Gasteiger charge is -2.29. The van der Waals surface area contributed by atoms with Crippen molar-refractivity contribution in [2.75, 3.05) is 32.8 Å². The van der Waals surface area contributed by atoms with Crippen molar-refractivity contribution in [1.29, 1.82) is 0 Å². The summed E-state index contributed by atoms with van der Waals surface area (Å²) in [5.41, 5.74) is 0.835. The van der Waals surface area contributed by atoms with Gasteiger partial charge in [0, 0.05) is 42.8 Å². The van der Waals surface area contributed by atoms with Crippen LogP contribution in [0.4, 0.5) is 0 Å². The number of halogens is 1. The SMILES string of the molecule is CC(CN1CCOCC1)NCc1cc(Cl)ccc1O. The smallest absolute Gasteiger partial charge is 0.120 e. The fourth-order valence-electron chi connectivity index (χ4n) is 2.22. The van der Waals surface area contributed by atoms with Gasteiger partial charge in [-0.2, -0.15) is 0 Å². The molecular weight excluding hydrogens is 264 g/mol. The minimum Gasteiger partial charge on any atom is -0.508 e. The van der Waals surface area contributed by atoms with E-state index >= 15 is 0 Å². The average molecular weight is 285 g/mol. The second-order valence-corrected chi connectivity index (χ2v) is 5.40.